The van der Waals surface area contributed by atoms with Crippen LogP contribution in [-0.2, 0) is 13.0 Å². The zero-order valence-corrected chi connectivity index (χ0v) is 12.4. The van der Waals surface area contributed by atoms with Crippen molar-refractivity contribution < 1.29 is 0 Å². The van der Waals surface area contributed by atoms with Crippen molar-refractivity contribution in [1.82, 2.24) is 25.5 Å². The molecule has 0 bridgehead atoms. The molecule has 1 aromatic carbocycles. The van der Waals surface area contributed by atoms with E-state index in [0.29, 0.717) is 6.04 Å². The average Bonchev–Trinajstić information content (AvgIpc) is 3.14. The van der Waals surface area contributed by atoms with E-state index in [9.17, 15) is 0 Å². The molecule has 0 unspecified atom stereocenters. The lowest BCUT2D eigenvalue weighted by molar-refractivity contribution is 0.636. The quantitative estimate of drug-likeness (QED) is 0.917. The van der Waals surface area contributed by atoms with E-state index in [4.69, 9.17) is 0 Å². The second-order valence-electron chi connectivity index (χ2n) is 4.79. The first-order chi connectivity index (χ1) is 9.28. The number of nitrogens with zero attached hydrogens (tertiary/aromatic N) is 4. The summed E-state index contributed by atoms with van der Waals surface area (Å²) in [5, 5.41) is 15.5. The van der Waals surface area contributed by atoms with Gasteiger partial charge in [-0.15, -0.1) is 5.10 Å². The van der Waals surface area contributed by atoms with Crippen LogP contribution >= 0.6 is 15.9 Å². The molecule has 0 saturated heterocycles. The van der Waals surface area contributed by atoms with Crippen LogP contribution in [0.25, 0.3) is 5.69 Å². The van der Waals surface area contributed by atoms with Crippen LogP contribution in [0.5, 0.6) is 0 Å². The molecule has 2 aromatic rings. The average molecular weight is 322 g/mol. The predicted octanol–water partition coefficient (Wildman–Crippen LogP) is 2.24. The molecule has 5 nitrogen and oxygen atoms in total. The fourth-order valence-corrected chi connectivity index (χ4v) is 2.48. The van der Waals surface area contributed by atoms with Gasteiger partial charge in [-0.3, -0.25) is 0 Å². The van der Waals surface area contributed by atoms with Gasteiger partial charge in [0.1, 0.15) is 0 Å². The molecule has 0 spiro atoms. The number of halogens is 1. The molecular weight excluding hydrogens is 306 g/mol. The molecule has 19 heavy (non-hydrogen) atoms. The van der Waals surface area contributed by atoms with E-state index < -0.39 is 0 Å². The fraction of sp³-hybridized carbons (Fsp3) is 0.462. The lowest BCUT2D eigenvalue weighted by atomic mass is 10.1. The van der Waals surface area contributed by atoms with Gasteiger partial charge in [-0.1, -0.05) is 22.9 Å². The topological polar surface area (TPSA) is 55.6 Å². The number of rotatable bonds is 5. The van der Waals surface area contributed by atoms with Gasteiger partial charge in [-0.25, -0.2) is 0 Å². The normalized spacial score (nSPS) is 14.8. The first-order valence-corrected chi connectivity index (χ1v) is 7.36. The van der Waals surface area contributed by atoms with Crippen LogP contribution < -0.4 is 5.32 Å². The smallest absolute Gasteiger partial charge is 0.170 e. The molecule has 100 valence electrons. The molecule has 1 N–H and O–H groups in total. The van der Waals surface area contributed by atoms with Crippen LogP contribution in [0, 0.1) is 0 Å². The van der Waals surface area contributed by atoms with Crippen molar-refractivity contribution >= 4 is 15.9 Å². The summed E-state index contributed by atoms with van der Waals surface area (Å²) in [6, 6.07) is 6.85. The maximum Gasteiger partial charge on any atom is 0.170 e. The first kappa shape index (κ1) is 12.7. The number of tetrazole rings is 1. The molecular formula is C13H16BrN5. The van der Waals surface area contributed by atoms with E-state index in [1.54, 1.807) is 0 Å². The van der Waals surface area contributed by atoms with E-state index in [1.165, 1.54) is 18.4 Å². The molecule has 1 saturated carbocycles. The highest BCUT2D eigenvalue weighted by molar-refractivity contribution is 9.10. The minimum Gasteiger partial charge on any atom is -0.307 e. The summed E-state index contributed by atoms with van der Waals surface area (Å²) in [5.74, 6) is 0.865. The van der Waals surface area contributed by atoms with Crippen LogP contribution in [0.3, 0.4) is 0 Å². The molecule has 1 aliphatic rings. The molecule has 0 radical (unpaired) electrons. The SMILES string of the molecule is CCc1cc(Br)ccc1-n1nnnc1CNC1CC1. The maximum atomic E-state index is 4.12. The van der Waals surface area contributed by atoms with E-state index >= 15 is 0 Å². The largest absolute Gasteiger partial charge is 0.307 e. The molecule has 0 atom stereocenters. The zero-order chi connectivity index (χ0) is 13.2. The Bertz CT molecular complexity index is 576. The van der Waals surface area contributed by atoms with Gasteiger partial charge < -0.3 is 5.32 Å². The highest BCUT2D eigenvalue weighted by Crippen LogP contribution is 2.22. The van der Waals surface area contributed by atoms with Crippen molar-refractivity contribution in [3.63, 3.8) is 0 Å². The minimum absolute atomic E-state index is 0.653. The monoisotopic (exact) mass is 321 g/mol. The molecule has 6 heteroatoms. The number of benzene rings is 1. The van der Waals surface area contributed by atoms with Crippen molar-refractivity contribution in [1.29, 1.82) is 0 Å². The molecule has 1 aromatic heterocycles. The highest BCUT2D eigenvalue weighted by atomic mass is 79.9. The number of nitrogens with one attached hydrogen (secondary N) is 1. The van der Waals surface area contributed by atoms with E-state index in [-0.39, 0.29) is 0 Å². The van der Waals surface area contributed by atoms with Crippen LogP contribution in [0.1, 0.15) is 31.2 Å². The molecule has 1 heterocycles. The number of hydrogen-bond donors (Lipinski definition) is 1. The van der Waals surface area contributed by atoms with Crippen molar-refractivity contribution in [2.24, 2.45) is 0 Å². The number of aryl methyl sites for hydroxylation is 1. The third kappa shape index (κ3) is 2.84. The second-order valence-corrected chi connectivity index (χ2v) is 5.70. The van der Waals surface area contributed by atoms with Gasteiger partial charge in [0.15, 0.2) is 5.82 Å². The summed E-state index contributed by atoms with van der Waals surface area (Å²) in [7, 11) is 0. The number of hydrogen-bond acceptors (Lipinski definition) is 4. The standard InChI is InChI=1S/C13H16BrN5/c1-2-9-7-10(14)3-6-12(9)19-13(16-17-18-19)8-15-11-4-5-11/h3,6-7,11,15H,2,4-5,8H2,1H3. The fourth-order valence-electron chi connectivity index (χ4n) is 2.07. The van der Waals surface area contributed by atoms with Crippen molar-refractivity contribution in [3.05, 3.63) is 34.1 Å². The van der Waals surface area contributed by atoms with E-state index in [2.05, 4.69) is 55.8 Å². The zero-order valence-electron chi connectivity index (χ0n) is 10.8. The Morgan fingerprint density at radius 1 is 1.42 bits per heavy atom. The Balaban J connectivity index is 1.90. The van der Waals surface area contributed by atoms with Crippen LogP contribution in [0.4, 0.5) is 0 Å². The van der Waals surface area contributed by atoms with Crippen molar-refractivity contribution in [3.8, 4) is 5.69 Å². The lowest BCUT2D eigenvalue weighted by Crippen LogP contribution is -2.19. The Morgan fingerprint density at radius 3 is 3.00 bits per heavy atom. The summed E-state index contributed by atoms with van der Waals surface area (Å²) >= 11 is 3.50. The summed E-state index contributed by atoms with van der Waals surface area (Å²) in [6.07, 6.45) is 3.48. The molecule has 0 amide bonds. The summed E-state index contributed by atoms with van der Waals surface area (Å²) in [5.41, 5.74) is 2.29. The molecule has 3 rings (SSSR count). The Labute approximate surface area is 120 Å². The Morgan fingerprint density at radius 2 is 2.26 bits per heavy atom. The van der Waals surface area contributed by atoms with Gasteiger partial charge in [0.2, 0.25) is 0 Å². The molecule has 0 aliphatic heterocycles. The van der Waals surface area contributed by atoms with Crippen LogP contribution in [0.2, 0.25) is 0 Å². The van der Waals surface area contributed by atoms with Crippen LogP contribution in [-0.4, -0.2) is 26.2 Å². The molecule has 1 aliphatic carbocycles. The van der Waals surface area contributed by atoms with Gasteiger partial charge in [-0.2, -0.15) is 4.68 Å². The third-order valence-corrected chi connectivity index (χ3v) is 3.80. The Kier molecular flexibility index (Phi) is 3.61. The van der Waals surface area contributed by atoms with Gasteiger partial charge in [0.25, 0.3) is 0 Å². The van der Waals surface area contributed by atoms with E-state index in [1.807, 2.05) is 10.7 Å². The summed E-state index contributed by atoms with van der Waals surface area (Å²) < 4.78 is 2.92. The molecule has 1 fully saturated rings. The van der Waals surface area contributed by atoms with Gasteiger partial charge >= 0.3 is 0 Å². The Hall–Kier alpha value is -1.27. The third-order valence-electron chi connectivity index (χ3n) is 3.31. The van der Waals surface area contributed by atoms with E-state index in [0.717, 1.165) is 29.0 Å². The number of aromatic nitrogens is 4. The lowest BCUT2D eigenvalue weighted by Gasteiger charge is -2.10. The summed E-state index contributed by atoms with van der Waals surface area (Å²) in [6.45, 7) is 2.86. The summed E-state index contributed by atoms with van der Waals surface area (Å²) in [4.78, 5) is 0. The maximum absolute atomic E-state index is 4.12. The van der Waals surface area contributed by atoms with Gasteiger partial charge in [0.05, 0.1) is 12.2 Å². The van der Waals surface area contributed by atoms with Crippen LogP contribution in [0.15, 0.2) is 22.7 Å². The van der Waals surface area contributed by atoms with Crippen molar-refractivity contribution in [2.45, 2.75) is 38.8 Å². The first-order valence-electron chi connectivity index (χ1n) is 6.57. The predicted molar refractivity (Wildman–Crippen MR) is 76.1 cm³/mol. The van der Waals surface area contributed by atoms with Gasteiger partial charge in [-0.05, 0) is 53.5 Å². The van der Waals surface area contributed by atoms with Gasteiger partial charge in [0, 0.05) is 10.5 Å². The highest BCUT2D eigenvalue weighted by Gasteiger charge is 2.21. The minimum atomic E-state index is 0.653. The van der Waals surface area contributed by atoms with Crippen molar-refractivity contribution in [2.75, 3.05) is 0 Å². The second kappa shape index (κ2) is 5.38.